The molecule has 8 heteroatoms. The molecule has 0 spiro atoms. The lowest BCUT2D eigenvalue weighted by Gasteiger charge is -2.36. The molecule has 0 unspecified atom stereocenters. The van der Waals surface area contributed by atoms with Gasteiger partial charge in [0.2, 0.25) is 0 Å². The Morgan fingerprint density at radius 3 is 2.68 bits per heavy atom. The molecule has 1 aromatic carbocycles. The number of aromatic nitrogens is 2. The second kappa shape index (κ2) is 9.54. The van der Waals surface area contributed by atoms with E-state index in [1.54, 1.807) is 12.1 Å². The molecular weight excluding hydrogens is 359 g/mol. The summed E-state index contributed by atoms with van der Waals surface area (Å²) in [5, 5.41) is 7.71. The molecular formula is C20H29FN6O. The molecule has 7 nitrogen and oxygen atoms in total. The predicted octanol–water partition coefficient (Wildman–Crippen LogP) is 1.73. The number of nitrogens with one attached hydrogen (secondary N) is 1. The van der Waals surface area contributed by atoms with Crippen LogP contribution >= 0.6 is 0 Å². The highest BCUT2D eigenvalue weighted by Gasteiger charge is 2.20. The number of halogens is 1. The zero-order chi connectivity index (χ0) is 19.9. The van der Waals surface area contributed by atoms with Gasteiger partial charge in [0, 0.05) is 52.5 Å². The number of hydrogen-bond acceptors (Lipinski definition) is 4. The summed E-state index contributed by atoms with van der Waals surface area (Å²) in [6.45, 7) is 7.95. The first kappa shape index (κ1) is 20.1. The van der Waals surface area contributed by atoms with Gasteiger partial charge in [-0.2, -0.15) is 5.10 Å². The molecule has 0 radical (unpaired) electrons. The maximum atomic E-state index is 13.9. The Labute approximate surface area is 165 Å². The van der Waals surface area contributed by atoms with Crippen LogP contribution in [0.3, 0.4) is 0 Å². The summed E-state index contributed by atoms with van der Waals surface area (Å²) in [7, 11) is 3.29. The Hall–Kier alpha value is -2.61. The summed E-state index contributed by atoms with van der Waals surface area (Å²) < 4.78 is 20.8. The molecule has 1 saturated heterocycles. The average molecular weight is 388 g/mol. The number of methoxy groups -OCH3 is 1. The molecule has 1 fully saturated rings. The molecule has 1 aromatic heterocycles. The summed E-state index contributed by atoms with van der Waals surface area (Å²) in [4.78, 5) is 9.00. The minimum absolute atomic E-state index is 0.286. The molecule has 0 saturated carbocycles. The van der Waals surface area contributed by atoms with Crippen LogP contribution < -0.4 is 10.1 Å². The molecule has 1 aliphatic heterocycles. The van der Waals surface area contributed by atoms with E-state index < -0.39 is 0 Å². The van der Waals surface area contributed by atoms with Crippen molar-refractivity contribution in [2.75, 3.05) is 46.9 Å². The molecule has 152 valence electrons. The van der Waals surface area contributed by atoms with Crippen molar-refractivity contribution < 1.29 is 9.13 Å². The fraction of sp³-hybridized carbons (Fsp3) is 0.500. The standard InChI is InChI=1S/C20H29FN6O/c1-16-13-24-27(14-16)7-6-23-20(22-2)26-10-8-25(9-11-26)15-17-4-5-19(28-3)18(21)12-17/h4-5,12-14H,6-11,15H2,1-3H3,(H,22,23). The van der Waals surface area contributed by atoms with Gasteiger partial charge in [-0.05, 0) is 30.2 Å². The number of nitrogens with zero attached hydrogens (tertiary/aromatic N) is 5. The van der Waals surface area contributed by atoms with Gasteiger partial charge in [-0.25, -0.2) is 4.39 Å². The van der Waals surface area contributed by atoms with E-state index in [4.69, 9.17) is 4.74 Å². The fourth-order valence-corrected chi connectivity index (χ4v) is 3.39. The monoisotopic (exact) mass is 388 g/mol. The van der Waals surface area contributed by atoms with Crippen LogP contribution in [-0.2, 0) is 13.1 Å². The van der Waals surface area contributed by atoms with Crippen molar-refractivity contribution in [1.82, 2.24) is 24.9 Å². The Morgan fingerprint density at radius 2 is 2.07 bits per heavy atom. The first-order valence-electron chi connectivity index (χ1n) is 9.58. The van der Waals surface area contributed by atoms with Crippen LogP contribution in [0.4, 0.5) is 4.39 Å². The molecule has 0 atom stereocenters. The van der Waals surface area contributed by atoms with E-state index in [0.29, 0.717) is 0 Å². The molecule has 0 aliphatic carbocycles. The largest absolute Gasteiger partial charge is 0.494 e. The van der Waals surface area contributed by atoms with Gasteiger partial charge in [-0.15, -0.1) is 0 Å². The van der Waals surface area contributed by atoms with Crippen molar-refractivity contribution in [1.29, 1.82) is 0 Å². The highest BCUT2D eigenvalue weighted by atomic mass is 19.1. The Balaban J connectivity index is 1.44. The number of aryl methyl sites for hydroxylation is 1. The smallest absolute Gasteiger partial charge is 0.193 e. The third-order valence-corrected chi connectivity index (χ3v) is 4.89. The minimum atomic E-state index is -0.310. The molecule has 28 heavy (non-hydrogen) atoms. The van der Waals surface area contributed by atoms with Crippen LogP contribution in [0.1, 0.15) is 11.1 Å². The normalized spacial score (nSPS) is 15.7. The fourth-order valence-electron chi connectivity index (χ4n) is 3.39. The number of piperazine rings is 1. The van der Waals surface area contributed by atoms with Crippen molar-refractivity contribution in [2.24, 2.45) is 4.99 Å². The minimum Gasteiger partial charge on any atom is -0.494 e. The second-order valence-electron chi connectivity index (χ2n) is 6.99. The molecule has 1 aliphatic rings. The number of ether oxygens (including phenoxy) is 1. The van der Waals surface area contributed by atoms with Gasteiger partial charge in [-0.1, -0.05) is 6.07 Å². The van der Waals surface area contributed by atoms with E-state index in [0.717, 1.165) is 62.9 Å². The summed E-state index contributed by atoms with van der Waals surface area (Å²) in [5.74, 6) is 0.892. The van der Waals surface area contributed by atoms with Crippen molar-refractivity contribution in [2.45, 2.75) is 20.0 Å². The van der Waals surface area contributed by atoms with Crippen LogP contribution in [0.2, 0.25) is 0 Å². The number of rotatable bonds is 6. The predicted molar refractivity (Wildman–Crippen MR) is 108 cm³/mol. The SMILES string of the molecule is CN=C(NCCn1cc(C)cn1)N1CCN(Cc2ccc(OC)c(F)c2)CC1. The highest BCUT2D eigenvalue weighted by molar-refractivity contribution is 5.79. The van der Waals surface area contributed by atoms with Gasteiger partial charge in [0.25, 0.3) is 0 Å². The Morgan fingerprint density at radius 1 is 1.29 bits per heavy atom. The molecule has 2 heterocycles. The van der Waals surface area contributed by atoms with Crippen LogP contribution in [0.15, 0.2) is 35.6 Å². The Kier molecular flexibility index (Phi) is 6.86. The highest BCUT2D eigenvalue weighted by Crippen LogP contribution is 2.19. The van der Waals surface area contributed by atoms with Crippen molar-refractivity contribution in [3.8, 4) is 5.75 Å². The topological polar surface area (TPSA) is 57.9 Å². The zero-order valence-electron chi connectivity index (χ0n) is 16.9. The lowest BCUT2D eigenvalue weighted by molar-refractivity contribution is 0.172. The molecule has 3 rings (SSSR count). The lowest BCUT2D eigenvalue weighted by Crippen LogP contribution is -2.52. The van der Waals surface area contributed by atoms with E-state index >= 15 is 0 Å². The maximum absolute atomic E-state index is 13.9. The van der Waals surface area contributed by atoms with Crippen LogP contribution in [0.25, 0.3) is 0 Å². The van der Waals surface area contributed by atoms with Gasteiger partial charge in [0.15, 0.2) is 17.5 Å². The number of hydrogen-bond donors (Lipinski definition) is 1. The van der Waals surface area contributed by atoms with Crippen molar-refractivity contribution in [3.05, 3.63) is 47.5 Å². The summed E-state index contributed by atoms with van der Waals surface area (Å²) >= 11 is 0. The maximum Gasteiger partial charge on any atom is 0.193 e. The summed E-state index contributed by atoms with van der Waals surface area (Å²) in [6.07, 6.45) is 3.90. The molecule has 0 bridgehead atoms. The molecule has 1 N–H and O–H groups in total. The van der Waals surface area contributed by atoms with Gasteiger partial charge in [-0.3, -0.25) is 14.6 Å². The average Bonchev–Trinajstić information content (AvgIpc) is 3.11. The first-order chi connectivity index (χ1) is 13.6. The Bertz CT molecular complexity index is 798. The first-order valence-corrected chi connectivity index (χ1v) is 9.58. The van der Waals surface area contributed by atoms with E-state index in [1.807, 2.05) is 37.1 Å². The number of aliphatic imine (C=N–C) groups is 1. The van der Waals surface area contributed by atoms with Gasteiger partial charge in [0.1, 0.15) is 0 Å². The van der Waals surface area contributed by atoms with Crippen LogP contribution in [0, 0.1) is 12.7 Å². The third-order valence-electron chi connectivity index (χ3n) is 4.89. The number of benzene rings is 1. The van der Waals surface area contributed by atoms with E-state index in [9.17, 15) is 4.39 Å². The van der Waals surface area contributed by atoms with Crippen molar-refractivity contribution in [3.63, 3.8) is 0 Å². The summed E-state index contributed by atoms with van der Waals surface area (Å²) in [5.41, 5.74) is 2.13. The van der Waals surface area contributed by atoms with Gasteiger partial charge < -0.3 is 15.0 Å². The zero-order valence-corrected chi connectivity index (χ0v) is 16.9. The van der Waals surface area contributed by atoms with E-state index in [-0.39, 0.29) is 11.6 Å². The molecule has 2 aromatic rings. The van der Waals surface area contributed by atoms with Crippen molar-refractivity contribution >= 4 is 5.96 Å². The number of guanidine groups is 1. The van der Waals surface area contributed by atoms with Crippen LogP contribution in [0.5, 0.6) is 5.75 Å². The molecule has 0 amide bonds. The van der Waals surface area contributed by atoms with Crippen LogP contribution in [-0.4, -0.2) is 72.4 Å². The van der Waals surface area contributed by atoms with E-state index in [2.05, 4.69) is 25.2 Å². The quantitative estimate of drug-likeness (QED) is 0.603. The lowest BCUT2D eigenvalue weighted by atomic mass is 10.2. The van der Waals surface area contributed by atoms with Gasteiger partial charge >= 0.3 is 0 Å². The van der Waals surface area contributed by atoms with E-state index in [1.165, 1.54) is 7.11 Å². The van der Waals surface area contributed by atoms with Gasteiger partial charge in [0.05, 0.1) is 19.9 Å². The second-order valence-corrected chi connectivity index (χ2v) is 6.99. The third kappa shape index (κ3) is 5.22. The summed E-state index contributed by atoms with van der Waals surface area (Å²) in [6, 6.07) is 5.17.